The molecule has 0 bridgehead atoms. The van der Waals surface area contributed by atoms with Gasteiger partial charge in [-0.1, -0.05) is 195 Å². The van der Waals surface area contributed by atoms with E-state index in [1.54, 1.807) is 0 Å². The summed E-state index contributed by atoms with van der Waals surface area (Å²) in [7, 11) is 0. The molecule has 0 aromatic carbocycles. The lowest BCUT2D eigenvalue weighted by Gasteiger charge is -2.18. The van der Waals surface area contributed by atoms with E-state index in [4.69, 9.17) is 14.2 Å². The fraction of sp³-hybridized carbons (Fsp3) is 0.655. The number of hydrogen-bond donors (Lipinski definition) is 0. The molecule has 0 rings (SSSR count). The fourth-order valence-electron chi connectivity index (χ4n) is 6.34. The van der Waals surface area contributed by atoms with Crippen LogP contribution in [-0.2, 0) is 28.6 Å². The first-order valence-corrected chi connectivity index (χ1v) is 24.8. The lowest BCUT2D eigenvalue weighted by molar-refractivity contribution is -0.166. The van der Waals surface area contributed by atoms with Gasteiger partial charge in [0.05, 0.1) is 0 Å². The number of allylic oxidation sites excluding steroid dienone is 16. The minimum atomic E-state index is -0.824. The zero-order valence-electron chi connectivity index (χ0n) is 39.4. The molecule has 0 aliphatic carbocycles. The third-order valence-corrected chi connectivity index (χ3v) is 10.1. The van der Waals surface area contributed by atoms with E-state index in [2.05, 4.69) is 106 Å². The summed E-state index contributed by atoms with van der Waals surface area (Å²) in [5.41, 5.74) is 0. The summed E-state index contributed by atoms with van der Waals surface area (Å²) in [6, 6.07) is 0. The van der Waals surface area contributed by atoms with Crippen LogP contribution in [-0.4, -0.2) is 37.2 Å². The molecule has 1 unspecified atom stereocenters. The van der Waals surface area contributed by atoms with Gasteiger partial charge in [-0.2, -0.15) is 0 Å². The van der Waals surface area contributed by atoms with Crippen molar-refractivity contribution in [2.24, 2.45) is 0 Å². The Labute approximate surface area is 375 Å². The van der Waals surface area contributed by atoms with Crippen molar-refractivity contribution in [2.75, 3.05) is 13.2 Å². The molecule has 0 saturated heterocycles. The summed E-state index contributed by atoms with van der Waals surface area (Å²) >= 11 is 0. The quantitative estimate of drug-likeness (QED) is 0.0200. The molecule has 0 radical (unpaired) electrons. The maximum atomic E-state index is 12.8. The van der Waals surface area contributed by atoms with Gasteiger partial charge in [-0.25, -0.2) is 0 Å². The van der Waals surface area contributed by atoms with Crippen LogP contribution in [0.5, 0.6) is 0 Å². The van der Waals surface area contributed by atoms with Crippen LogP contribution in [0.1, 0.15) is 213 Å². The van der Waals surface area contributed by atoms with Crippen molar-refractivity contribution in [2.45, 2.75) is 219 Å². The second kappa shape index (κ2) is 49.0. The Hall–Kier alpha value is -3.67. The summed E-state index contributed by atoms with van der Waals surface area (Å²) in [4.78, 5) is 37.8. The van der Waals surface area contributed by atoms with Gasteiger partial charge >= 0.3 is 17.9 Å². The van der Waals surface area contributed by atoms with Crippen molar-refractivity contribution >= 4 is 17.9 Å². The van der Waals surface area contributed by atoms with Gasteiger partial charge in [0.2, 0.25) is 0 Å². The van der Waals surface area contributed by atoms with E-state index in [-0.39, 0.29) is 44.0 Å². The van der Waals surface area contributed by atoms with Crippen molar-refractivity contribution in [3.8, 4) is 0 Å². The minimum Gasteiger partial charge on any atom is -0.462 e. The highest BCUT2D eigenvalue weighted by atomic mass is 16.6. The van der Waals surface area contributed by atoms with Crippen molar-refractivity contribution < 1.29 is 28.6 Å². The molecule has 61 heavy (non-hydrogen) atoms. The highest BCUT2D eigenvalue weighted by Gasteiger charge is 2.19. The van der Waals surface area contributed by atoms with Gasteiger partial charge in [-0.05, 0) is 96.3 Å². The Morgan fingerprint density at radius 2 is 0.738 bits per heavy atom. The smallest absolute Gasteiger partial charge is 0.306 e. The molecule has 0 heterocycles. The molecule has 0 aromatic rings. The number of unbranched alkanes of at least 4 members (excludes halogenated alkanes) is 17. The standard InChI is InChI=1S/C55H90O6/c1-4-7-10-13-16-19-22-24-26-28-30-33-36-39-42-45-48-54(57)60-51-52(50-59-53(56)47-44-41-38-35-32-21-18-15-12-9-6-3)61-55(58)49-46-43-40-37-34-31-29-27-25-23-20-17-14-11-8-5-2/h7,10,15-16,18-19,24,26-27,29-31,33-34,39,42,52H,4-6,8-9,11-14,17,20-23,25,28,32,35-38,40-41,43-51H2,1-3H3/b10-7-,18-15-,19-16-,26-24-,29-27-,33-30-,34-31-,42-39-. The maximum absolute atomic E-state index is 12.8. The SMILES string of the molecule is CC/C=C\C/C=C\C/C=C\C/C=C\C/C=C\CCC(=O)OCC(COC(=O)CCCCCCC/C=C\CCCC)OC(=O)CCCCC/C=C\C=C/CCCCCCCCC. The summed E-state index contributed by atoms with van der Waals surface area (Å²) < 4.78 is 16.6. The number of ether oxygens (including phenoxy) is 3. The number of hydrogen-bond acceptors (Lipinski definition) is 6. The molecule has 6 nitrogen and oxygen atoms in total. The van der Waals surface area contributed by atoms with Crippen molar-refractivity contribution in [3.05, 3.63) is 97.2 Å². The second-order valence-electron chi connectivity index (χ2n) is 16.0. The van der Waals surface area contributed by atoms with Crippen molar-refractivity contribution in [1.29, 1.82) is 0 Å². The van der Waals surface area contributed by atoms with Crippen LogP contribution in [0, 0.1) is 0 Å². The monoisotopic (exact) mass is 847 g/mol. The Kier molecular flexibility index (Phi) is 46.0. The van der Waals surface area contributed by atoms with Gasteiger partial charge < -0.3 is 14.2 Å². The average Bonchev–Trinajstić information content (AvgIpc) is 3.26. The van der Waals surface area contributed by atoms with E-state index in [1.165, 1.54) is 70.6 Å². The predicted octanol–water partition coefficient (Wildman–Crippen LogP) is 16.2. The molecule has 1 atom stereocenters. The minimum absolute atomic E-state index is 0.117. The zero-order valence-corrected chi connectivity index (χ0v) is 39.4. The molecular formula is C55H90O6. The van der Waals surface area contributed by atoms with Crippen molar-refractivity contribution in [3.63, 3.8) is 0 Å². The zero-order chi connectivity index (χ0) is 44.4. The highest BCUT2D eigenvalue weighted by molar-refractivity contribution is 5.71. The summed E-state index contributed by atoms with van der Waals surface area (Å²) in [5, 5.41) is 0. The van der Waals surface area contributed by atoms with E-state index in [1.807, 2.05) is 12.2 Å². The Balaban J connectivity index is 4.55. The molecular weight excluding hydrogens is 757 g/mol. The van der Waals surface area contributed by atoms with Crippen LogP contribution in [0.3, 0.4) is 0 Å². The van der Waals surface area contributed by atoms with Crippen LogP contribution >= 0.6 is 0 Å². The van der Waals surface area contributed by atoms with Gasteiger partial charge in [-0.3, -0.25) is 14.4 Å². The first-order valence-electron chi connectivity index (χ1n) is 24.8. The van der Waals surface area contributed by atoms with E-state index < -0.39 is 6.10 Å². The number of rotatable bonds is 43. The van der Waals surface area contributed by atoms with Gasteiger partial charge in [0.1, 0.15) is 13.2 Å². The number of carbonyl (C=O) groups is 3. The van der Waals surface area contributed by atoms with E-state index in [0.29, 0.717) is 12.8 Å². The van der Waals surface area contributed by atoms with E-state index >= 15 is 0 Å². The molecule has 0 N–H and O–H groups in total. The highest BCUT2D eigenvalue weighted by Crippen LogP contribution is 2.12. The number of esters is 3. The van der Waals surface area contributed by atoms with Crippen LogP contribution in [0.4, 0.5) is 0 Å². The molecule has 6 heteroatoms. The lowest BCUT2D eigenvalue weighted by atomic mass is 10.1. The van der Waals surface area contributed by atoms with E-state index in [9.17, 15) is 14.4 Å². The van der Waals surface area contributed by atoms with Gasteiger partial charge in [0, 0.05) is 19.3 Å². The topological polar surface area (TPSA) is 78.9 Å². The predicted molar refractivity (Wildman–Crippen MR) is 260 cm³/mol. The third-order valence-electron chi connectivity index (χ3n) is 10.1. The van der Waals surface area contributed by atoms with Crippen LogP contribution in [0.2, 0.25) is 0 Å². The fourth-order valence-corrected chi connectivity index (χ4v) is 6.34. The van der Waals surface area contributed by atoms with Crippen LogP contribution < -0.4 is 0 Å². The summed E-state index contributed by atoms with van der Waals surface area (Å²) in [6.07, 6.45) is 64.0. The Morgan fingerprint density at radius 3 is 1.26 bits per heavy atom. The Bertz CT molecular complexity index is 1250. The molecule has 0 spiro atoms. The molecule has 0 aliphatic rings. The number of carbonyl (C=O) groups excluding carboxylic acids is 3. The van der Waals surface area contributed by atoms with Gasteiger partial charge in [-0.15, -0.1) is 0 Å². The normalized spacial score (nSPS) is 12.9. The molecule has 346 valence electrons. The summed E-state index contributed by atoms with van der Waals surface area (Å²) in [5.74, 6) is -1.05. The first-order chi connectivity index (χ1) is 30.0. The third kappa shape index (κ3) is 47.2. The maximum Gasteiger partial charge on any atom is 0.306 e. The molecule has 0 aromatic heterocycles. The molecule has 0 amide bonds. The van der Waals surface area contributed by atoms with E-state index in [0.717, 1.165) is 96.3 Å². The second-order valence-corrected chi connectivity index (χ2v) is 16.0. The lowest BCUT2D eigenvalue weighted by Crippen LogP contribution is -2.30. The molecule has 0 saturated carbocycles. The van der Waals surface area contributed by atoms with Crippen LogP contribution in [0.25, 0.3) is 0 Å². The average molecular weight is 847 g/mol. The molecule has 0 aliphatic heterocycles. The first kappa shape index (κ1) is 57.3. The van der Waals surface area contributed by atoms with Gasteiger partial charge in [0.25, 0.3) is 0 Å². The molecule has 0 fully saturated rings. The Morgan fingerprint density at radius 1 is 0.361 bits per heavy atom. The van der Waals surface area contributed by atoms with Gasteiger partial charge in [0.15, 0.2) is 6.10 Å². The largest absolute Gasteiger partial charge is 0.462 e. The summed E-state index contributed by atoms with van der Waals surface area (Å²) in [6.45, 7) is 6.37. The van der Waals surface area contributed by atoms with Crippen molar-refractivity contribution in [1.82, 2.24) is 0 Å². The van der Waals surface area contributed by atoms with Crippen LogP contribution in [0.15, 0.2) is 97.2 Å².